The van der Waals surface area contributed by atoms with E-state index in [1.54, 1.807) is 6.07 Å². The highest BCUT2D eigenvalue weighted by Gasteiger charge is 2.30. The van der Waals surface area contributed by atoms with Gasteiger partial charge in [-0.1, -0.05) is 18.9 Å². The number of aromatic nitrogens is 2. The minimum absolute atomic E-state index is 0.111. The zero-order valence-electron chi connectivity index (χ0n) is 14.4. The summed E-state index contributed by atoms with van der Waals surface area (Å²) in [5.74, 6) is -0.111. The van der Waals surface area contributed by atoms with Crippen LogP contribution in [0.2, 0.25) is 0 Å². The van der Waals surface area contributed by atoms with Crippen molar-refractivity contribution < 1.29 is 9.90 Å². The van der Waals surface area contributed by atoms with Crippen LogP contribution in [0.25, 0.3) is 5.69 Å². The summed E-state index contributed by atoms with van der Waals surface area (Å²) in [5, 5.41) is 17.7. The Kier molecular flexibility index (Phi) is 4.71. The number of amides is 1. The van der Waals surface area contributed by atoms with Crippen molar-refractivity contribution >= 4 is 5.91 Å². The maximum Gasteiger partial charge on any atom is 0.251 e. The summed E-state index contributed by atoms with van der Waals surface area (Å²) < 4.78 is 1.84. The fourth-order valence-electron chi connectivity index (χ4n) is 3.46. The number of aliphatic hydroxyl groups is 1. The van der Waals surface area contributed by atoms with Crippen LogP contribution in [-0.2, 0) is 0 Å². The summed E-state index contributed by atoms with van der Waals surface area (Å²) in [7, 11) is 0. The first-order chi connectivity index (χ1) is 11.5. The molecule has 24 heavy (non-hydrogen) atoms. The molecule has 128 valence electrons. The van der Waals surface area contributed by atoms with Gasteiger partial charge in [-0.25, -0.2) is 4.68 Å². The molecule has 2 aromatic rings. The first kappa shape index (κ1) is 16.7. The third-order valence-corrected chi connectivity index (χ3v) is 4.77. The van der Waals surface area contributed by atoms with Gasteiger partial charge in [-0.2, -0.15) is 5.10 Å². The highest BCUT2D eigenvalue weighted by molar-refractivity contribution is 5.94. The Morgan fingerprint density at radius 1 is 1.29 bits per heavy atom. The van der Waals surface area contributed by atoms with E-state index in [-0.39, 0.29) is 5.91 Å². The van der Waals surface area contributed by atoms with Crippen molar-refractivity contribution in [3.8, 4) is 5.69 Å². The Labute approximate surface area is 142 Å². The molecule has 5 heteroatoms. The molecule has 1 amide bonds. The van der Waals surface area contributed by atoms with E-state index in [9.17, 15) is 9.90 Å². The summed E-state index contributed by atoms with van der Waals surface area (Å²) in [6.45, 7) is 4.45. The molecule has 0 atom stereocenters. The van der Waals surface area contributed by atoms with Crippen LogP contribution in [0.1, 0.15) is 53.8 Å². The van der Waals surface area contributed by atoms with Gasteiger partial charge in [-0.15, -0.1) is 0 Å². The smallest absolute Gasteiger partial charge is 0.251 e. The van der Waals surface area contributed by atoms with Crippen molar-refractivity contribution in [2.24, 2.45) is 0 Å². The minimum Gasteiger partial charge on any atom is -0.390 e. The van der Waals surface area contributed by atoms with Crippen molar-refractivity contribution in [3.05, 3.63) is 47.3 Å². The van der Waals surface area contributed by atoms with E-state index in [1.165, 1.54) is 0 Å². The highest BCUT2D eigenvalue weighted by Crippen LogP contribution is 2.31. The van der Waals surface area contributed by atoms with Crippen LogP contribution < -0.4 is 5.32 Å². The lowest BCUT2D eigenvalue weighted by atomic mass is 9.98. The molecule has 5 nitrogen and oxygen atoms in total. The van der Waals surface area contributed by atoms with Gasteiger partial charge in [0.25, 0.3) is 5.91 Å². The van der Waals surface area contributed by atoms with E-state index < -0.39 is 5.60 Å². The molecule has 1 aromatic carbocycles. The molecule has 0 saturated heterocycles. The standard InChI is InChI=1S/C19H25N3O2/c1-14-12-15(2)22(21-14)17-7-5-6-16(13-17)18(23)20-11-10-19(24)8-3-4-9-19/h5-7,12-13,24H,3-4,8-11H2,1-2H3,(H,20,23). The molecule has 1 aromatic heterocycles. The van der Waals surface area contributed by atoms with Gasteiger partial charge in [-0.3, -0.25) is 4.79 Å². The zero-order chi connectivity index (χ0) is 17.2. The van der Waals surface area contributed by atoms with Gasteiger partial charge < -0.3 is 10.4 Å². The van der Waals surface area contributed by atoms with Crippen LogP contribution in [0.3, 0.4) is 0 Å². The first-order valence-electron chi connectivity index (χ1n) is 8.61. The van der Waals surface area contributed by atoms with Crippen molar-refractivity contribution in [2.75, 3.05) is 6.54 Å². The molecule has 2 N–H and O–H groups in total. The van der Waals surface area contributed by atoms with E-state index in [2.05, 4.69) is 10.4 Å². The number of hydrogen-bond donors (Lipinski definition) is 2. The third kappa shape index (κ3) is 3.67. The van der Waals surface area contributed by atoms with Crippen LogP contribution in [0.15, 0.2) is 30.3 Å². The van der Waals surface area contributed by atoms with E-state index in [0.29, 0.717) is 18.5 Å². The summed E-state index contributed by atoms with van der Waals surface area (Å²) >= 11 is 0. The third-order valence-electron chi connectivity index (χ3n) is 4.77. The Bertz CT molecular complexity index is 730. The van der Waals surface area contributed by atoms with Crippen molar-refractivity contribution in [1.29, 1.82) is 0 Å². The molecule has 3 rings (SSSR count). The fraction of sp³-hybridized carbons (Fsp3) is 0.474. The van der Waals surface area contributed by atoms with Gasteiger partial charge in [0, 0.05) is 17.8 Å². The van der Waals surface area contributed by atoms with Gasteiger partial charge >= 0.3 is 0 Å². The molecule has 0 aliphatic heterocycles. The molecule has 1 aliphatic rings. The van der Waals surface area contributed by atoms with Crippen molar-refractivity contribution in [2.45, 2.75) is 51.6 Å². The molecule has 1 heterocycles. The normalized spacial score (nSPS) is 16.3. The number of aryl methyl sites for hydroxylation is 2. The summed E-state index contributed by atoms with van der Waals surface area (Å²) in [4.78, 5) is 12.4. The maximum atomic E-state index is 12.4. The molecule has 0 bridgehead atoms. The highest BCUT2D eigenvalue weighted by atomic mass is 16.3. The van der Waals surface area contributed by atoms with Gasteiger partial charge in [0.15, 0.2) is 0 Å². The Balaban J connectivity index is 1.65. The number of carbonyl (C=O) groups excluding carboxylic acids is 1. The Morgan fingerprint density at radius 2 is 2.04 bits per heavy atom. The molecule has 1 fully saturated rings. The first-order valence-corrected chi connectivity index (χ1v) is 8.61. The zero-order valence-corrected chi connectivity index (χ0v) is 14.4. The number of nitrogens with one attached hydrogen (secondary N) is 1. The van der Waals surface area contributed by atoms with Gasteiger partial charge in [0.05, 0.1) is 17.0 Å². The molecule has 1 aliphatic carbocycles. The van der Waals surface area contributed by atoms with Crippen LogP contribution in [-0.4, -0.2) is 32.9 Å². The SMILES string of the molecule is Cc1cc(C)n(-c2cccc(C(=O)NCCC3(O)CCCC3)c2)n1. The summed E-state index contributed by atoms with van der Waals surface area (Å²) in [6.07, 6.45) is 4.46. The molecule has 0 unspecified atom stereocenters. The summed E-state index contributed by atoms with van der Waals surface area (Å²) in [5.41, 5.74) is 2.89. The number of rotatable bonds is 5. The van der Waals surface area contributed by atoms with Gasteiger partial charge in [-0.05, 0) is 57.4 Å². The molecule has 0 spiro atoms. The quantitative estimate of drug-likeness (QED) is 0.887. The van der Waals surface area contributed by atoms with Crippen LogP contribution >= 0.6 is 0 Å². The fourth-order valence-corrected chi connectivity index (χ4v) is 3.46. The lowest BCUT2D eigenvalue weighted by Crippen LogP contribution is -2.32. The van der Waals surface area contributed by atoms with E-state index in [1.807, 2.05) is 42.8 Å². The molecular formula is C19H25N3O2. The van der Waals surface area contributed by atoms with E-state index in [4.69, 9.17) is 0 Å². The lowest BCUT2D eigenvalue weighted by molar-refractivity contribution is 0.0389. The van der Waals surface area contributed by atoms with Crippen LogP contribution in [0.5, 0.6) is 0 Å². The number of benzene rings is 1. The largest absolute Gasteiger partial charge is 0.390 e. The number of hydrogen-bond acceptors (Lipinski definition) is 3. The lowest BCUT2D eigenvalue weighted by Gasteiger charge is -2.21. The molecule has 1 saturated carbocycles. The predicted octanol–water partition coefficient (Wildman–Crippen LogP) is 2.91. The predicted molar refractivity (Wildman–Crippen MR) is 93.4 cm³/mol. The number of nitrogens with zero attached hydrogens (tertiary/aromatic N) is 2. The molecular weight excluding hydrogens is 302 g/mol. The minimum atomic E-state index is -0.584. The second-order valence-electron chi connectivity index (χ2n) is 6.83. The van der Waals surface area contributed by atoms with Crippen molar-refractivity contribution in [1.82, 2.24) is 15.1 Å². The van der Waals surface area contributed by atoms with Crippen LogP contribution in [0.4, 0.5) is 0 Å². The average molecular weight is 327 g/mol. The number of carbonyl (C=O) groups is 1. The Hall–Kier alpha value is -2.14. The van der Waals surface area contributed by atoms with Gasteiger partial charge in [0.1, 0.15) is 0 Å². The van der Waals surface area contributed by atoms with E-state index in [0.717, 1.165) is 42.8 Å². The summed E-state index contributed by atoms with van der Waals surface area (Å²) in [6, 6.07) is 9.46. The Morgan fingerprint density at radius 3 is 2.71 bits per heavy atom. The second-order valence-corrected chi connectivity index (χ2v) is 6.83. The topological polar surface area (TPSA) is 67.2 Å². The molecule has 0 radical (unpaired) electrons. The van der Waals surface area contributed by atoms with E-state index >= 15 is 0 Å². The van der Waals surface area contributed by atoms with Gasteiger partial charge in [0.2, 0.25) is 0 Å². The van der Waals surface area contributed by atoms with Crippen LogP contribution in [0, 0.1) is 13.8 Å². The monoisotopic (exact) mass is 327 g/mol. The van der Waals surface area contributed by atoms with Crippen molar-refractivity contribution in [3.63, 3.8) is 0 Å². The average Bonchev–Trinajstić information content (AvgIpc) is 3.13. The maximum absolute atomic E-state index is 12.4. The second kappa shape index (κ2) is 6.77.